The second-order valence-corrected chi connectivity index (χ2v) is 8.35. The molecule has 0 atom stereocenters. The molecule has 12 heteroatoms. The van der Waals surface area contributed by atoms with Crippen LogP contribution in [0.4, 0.5) is 22.0 Å². The van der Waals surface area contributed by atoms with E-state index in [1.54, 1.807) is 19.9 Å². The summed E-state index contributed by atoms with van der Waals surface area (Å²) in [5.41, 5.74) is -0.807. The van der Waals surface area contributed by atoms with Gasteiger partial charge in [0.25, 0.3) is 5.56 Å². The van der Waals surface area contributed by atoms with Crippen molar-refractivity contribution in [2.75, 3.05) is 12.4 Å². The number of hydrogen-bond acceptors (Lipinski definition) is 6. The lowest BCUT2D eigenvalue weighted by Crippen LogP contribution is -2.42. The molecular formula is C19H19F5N4O2S. The van der Waals surface area contributed by atoms with Gasteiger partial charge < -0.3 is 4.74 Å². The van der Waals surface area contributed by atoms with E-state index in [1.807, 2.05) is 6.92 Å². The second-order valence-electron chi connectivity index (χ2n) is 7.04. The monoisotopic (exact) mass is 462 g/mol. The van der Waals surface area contributed by atoms with Gasteiger partial charge in [-0.25, -0.2) is 4.98 Å². The van der Waals surface area contributed by atoms with Gasteiger partial charge in [-0.1, -0.05) is 6.92 Å². The lowest BCUT2D eigenvalue weighted by Gasteiger charge is -2.20. The van der Waals surface area contributed by atoms with Crippen molar-refractivity contribution in [2.24, 2.45) is 7.05 Å². The Morgan fingerprint density at radius 1 is 1.19 bits per heavy atom. The SMILES string of the molecule is CCSc1cc(C(C)(C)C#N)cnc1-c1ncc(OCC(F)(F)C(F)(F)F)c(=O)n1C. The van der Waals surface area contributed by atoms with Gasteiger partial charge in [0.05, 0.1) is 17.7 Å². The maximum atomic E-state index is 13.1. The van der Waals surface area contributed by atoms with Gasteiger partial charge in [0.1, 0.15) is 5.69 Å². The number of aromatic nitrogens is 3. The van der Waals surface area contributed by atoms with Crippen molar-refractivity contribution < 1.29 is 26.7 Å². The minimum absolute atomic E-state index is 0.0668. The maximum absolute atomic E-state index is 13.1. The van der Waals surface area contributed by atoms with E-state index in [2.05, 4.69) is 20.8 Å². The van der Waals surface area contributed by atoms with E-state index in [0.717, 1.165) is 10.8 Å². The molecule has 0 fully saturated rings. The summed E-state index contributed by atoms with van der Waals surface area (Å²) in [6, 6.07) is 3.92. The third-order valence-corrected chi connectivity index (χ3v) is 5.24. The zero-order valence-electron chi connectivity index (χ0n) is 17.0. The van der Waals surface area contributed by atoms with Crippen LogP contribution < -0.4 is 10.3 Å². The van der Waals surface area contributed by atoms with E-state index in [-0.39, 0.29) is 5.82 Å². The number of hydrogen-bond donors (Lipinski definition) is 0. The molecule has 0 saturated carbocycles. The van der Waals surface area contributed by atoms with Crippen LogP contribution in [0.25, 0.3) is 11.5 Å². The summed E-state index contributed by atoms with van der Waals surface area (Å²) in [5.74, 6) is -5.15. The van der Waals surface area contributed by atoms with E-state index in [0.29, 0.717) is 21.9 Å². The molecule has 31 heavy (non-hydrogen) atoms. The molecule has 0 amide bonds. The fourth-order valence-electron chi connectivity index (χ4n) is 2.38. The van der Waals surface area contributed by atoms with Crippen molar-refractivity contribution in [2.45, 2.75) is 43.2 Å². The number of ether oxygens (including phenoxy) is 1. The molecule has 168 valence electrons. The van der Waals surface area contributed by atoms with Crippen LogP contribution in [0.5, 0.6) is 5.75 Å². The Labute approximate surface area is 179 Å². The van der Waals surface area contributed by atoms with Gasteiger partial charge >= 0.3 is 12.1 Å². The first-order valence-electron chi connectivity index (χ1n) is 8.93. The second kappa shape index (κ2) is 8.82. The number of thioether (sulfide) groups is 1. The quantitative estimate of drug-likeness (QED) is 0.450. The van der Waals surface area contributed by atoms with Crippen LogP contribution in [0.3, 0.4) is 0 Å². The highest BCUT2D eigenvalue weighted by atomic mass is 32.2. The van der Waals surface area contributed by atoms with Crippen LogP contribution in [0.2, 0.25) is 0 Å². The van der Waals surface area contributed by atoms with Crippen molar-refractivity contribution in [1.29, 1.82) is 5.26 Å². The van der Waals surface area contributed by atoms with E-state index in [1.165, 1.54) is 25.0 Å². The molecule has 0 spiro atoms. The largest absolute Gasteiger partial charge is 0.480 e. The van der Waals surface area contributed by atoms with E-state index >= 15 is 0 Å². The van der Waals surface area contributed by atoms with Crippen LogP contribution >= 0.6 is 11.8 Å². The van der Waals surface area contributed by atoms with Crippen LogP contribution in [0.15, 0.2) is 28.2 Å². The summed E-state index contributed by atoms with van der Waals surface area (Å²) in [5, 5.41) is 9.34. The number of rotatable bonds is 7. The molecule has 2 rings (SSSR count). The Balaban J connectivity index is 2.46. The van der Waals surface area contributed by atoms with Crippen LogP contribution in [-0.4, -0.2) is 39.0 Å². The average molecular weight is 462 g/mol. The third-order valence-electron chi connectivity index (χ3n) is 4.33. The summed E-state index contributed by atoms with van der Waals surface area (Å²) in [6.45, 7) is 3.29. The van der Waals surface area contributed by atoms with E-state index in [4.69, 9.17) is 0 Å². The lowest BCUT2D eigenvalue weighted by molar-refractivity contribution is -0.290. The van der Waals surface area contributed by atoms with Crippen molar-refractivity contribution in [3.8, 4) is 23.3 Å². The number of halogens is 5. The highest BCUT2D eigenvalue weighted by Gasteiger charge is 2.58. The molecule has 0 saturated heterocycles. The van der Waals surface area contributed by atoms with Crippen LogP contribution in [0.1, 0.15) is 26.3 Å². The maximum Gasteiger partial charge on any atom is 0.456 e. The summed E-state index contributed by atoms with van der Waals surface area (Å²) in [6.07, 6.45) is -3.54. The molecule has 0 aromatic carbocycles. The fourth-order valence-corrected chi connectivity index (χ4v) is 3.18. The van der Waals surface area contributed by atoms with Gasteiger partial charge in [-0.05, 0) is 31.2 Å². The first-order valence-corrected chi connectivity index (χ1v) is 9.92. The van der Waals surface area contributed by atoms with E-state index in [9.17, 15) is 32.0 Å². The average Bonchev–Trinajstić information content (AvgIpc) is 2.69. The van der Waals surface area contributed by atoms with Crippen LogP contribution in [-0.2, 0) is 12.5 Å². The van der Waals surface area contributed by atoms with Gasteiger partial charge in [-0.3, -0.25) is 14.3 Å². The molecule has 2 heterocycles. The molecular weight excluding hydrogens is 443 g/mol. The molecule has 0 N–H and O–H groups in total. The number of pyridine rings is 1. The molecule has 2 aromatic rings. The standard InChI is InChI=1S/C19H19F5N4O2S/c1-5-31-13-6-11(17(2,3)9-25)7-26-14(13)15-27-8-12(16(29)28(15)4)30-10-18(20,21)19(22,23)24/h6-8H,5,10H2,1-4H3. The number of alkyl halides is 5. The summed E-state index contributed by atoms with van der Waals surface area (Å²) in [7, 11) is 1.27. The Hall–Kier alpha value is -2.68. The molecule has 0 aliphatic carbocycles. The number of nitriles is 1. The van der Waals surface area contributed by atoms with Gasteiger partial charge in [0, 0.05) is 18.1 Å². The van der Waals surface area contributed by atoms with Crippen molar-refractivity contribution in [3.05, 3.63) is 34.4 Å². The molecule has 6 nitrogen and oxygen atoms in total. The smallest absolute Gasteiger partial charge is 0.456 e. The topological polar surface area (TPSA) is 80.8 Å². The predicted octanol–water partition coefficient (Wildman–Crippen LogP) is 4.33. The van der Waals surface area contributed by atoms with Gasteiger partial charge in [-0.15, -0.1) is 11.8 Å². The normalized spacial score (nSPS) is 12.5. The van der Waals surface area contributed by atoms with Gasteiger partial charge in [-0.2, -0.15) is 27.2 Å². The zero-order valence-corrected chi connectivity index (χ0v) is 17.9. The molecule has 2 aromatic heterocycles. The molecule has 0 unspecified atom stereocenters. The highest BCUT2D eigenvalue weighted by molar-refractivity contribution is 7.99. The Bertz CT molecular complexity index is 1060. The molecule has 0 radical (unpaired) electrons. The van der Waals surface area contributed by atoms with E-state index < -0.39 is 35.4 Å². The third kappa shape index (κ3) is 5.15. The first kappa shape index (κ1) is 24.6. The minimum atomic E-state index is -5.80. The molecule has 0 bridgehead atoms. The molecule has 0 aliphatic heterocycles. The van der Waals surface area contributed by atoms with Crippen molar-refractivity contribution in [3.63, 3.8) is 0 Å². The summed E-state index contributed by atoms with van der Waals surface area (Å²) >= 11 is 1.39. The highest BCUT2D eigenvalue weighted by Crippen LogP contribution is 2.36. The van der Waals surface area contributed by atoms with Crippen molar-refractivity contribution in [1.82, 2.24) is 14.5 Å². The van der Waals surface area contributed by atoms with Crippen molar-refractivity contribution >= 4 is 11.8 Å². The minimum Gasteiger partial charge on any atom is -0.480 e. The summed E-state index contributed by atoms with van der Waals surface area (Å²) in [4.78, 5) is 21.4. The van der Waals surface area contributed by atoms with Crippen LogP contribution in [0, 0.1) is 11.3 Å². The Morgan fingerprint density at radius 3 is 2.39 bits per heavy atom. The lowest BCUT2D eigenvalue weighted by atomic mass is 9.87. The number of nitrogens with zero attached hydrogens (tertiary/aromatic N) is 4. The van der Waals surface area contributed by atoms with Gasteiger partial charge in [0.2, 0.25) is 5.75 Å². The first-order chi connectivity index (χ1) is 14.2. The fraction of sp³-hybridized carbons (Fsp3) is 0.474. The summed E-state index contributed by atoms with van der Waals surface area (Å²) < 4.78 is 68.4. The Morgan fingerprint density at radius 2 is 1.84 bits per heavy atom. The predicted molar refractivity (Wildman–Crippen MR) is 104 cm³/mol. The Kier molecular flexibility index (Phi) is 7.00. The zero-order chi connectivity index (χ0) is 23.6. The van der Waals surface area contributed by atoms with Gasteiger partial charge in [0.15, 0.2) is 12.4 Å². The molecule has 0 aliphatic rings.